The molecule has 0 radical (unpaired) electrons. The SMILES string of the molecule is CC(=NNC(=O)[C@H](C)Oc1ccccc1[N+](=O)[O-])c1cccc(NC(=O)c2ccc(Cl)s2)c1. The molecule has 1 aromatic heterocycles. The van der Waals surface area contributed by atoms with E-state index in [0.29, 0.717) is 26.2 Å². The normalized spacial score (nSPS) is 12.0. The number of nitrogens with zero attached hydrogens (tertiary/aromatic N) is 2. The first kappa shape index (κ1) is 23.9. The van der Waals surface area contributed by atoms with Gasteiger partial charge in [-0.25, -0.2) is 5.43 Å². The standard InChI is InChI=1S/C22H19ClN4O5S/c1-13(15-6-5-7-16(12-15)24-22(29)19-10-11-20(23)33-19)25-26-21(28)14(2)32-18-9-4-3-8-17(18)27(30)31/h3-12,14H,1-2H3,(H,24,29)(H,26,28)/t14-/m0/s1. The van der Waals surface area contributed by atoms with E-state index in [1.165, 1.54) is 36.5 Å². The van der Waals surface area contributed by atoms with Crippen LogP contribution in [0.25, 0.3) is 0 Å². The Morgan fingerprint density at radius 2 is 1.91 bits per heavy atom. The number of hydrogen-bond donors (Lipinski definition) is 2. The van der Waals surface area contributed by atoms with Gasteiger partial charge in [0, 0.05) is 11.8 Å². The largest absolute Gasteiger partial charge is 0.474 e. The minimum Gasteiger partial charge on any atom is -0.474 e. The summed E-state index contributed by atoms with van der Waals surface area (Å²) in [4.78, 5) is 35.7. The number of benzene rings is 2. The highest BCUT2D eigenvalue weighted by atomic mass is 35.5. The van der Waals surface area contributed by atoms with Crippen LogP contribution in [-0.4, -0.2) is 28.6 Å². The van der Waals surface area contributed by atoms with Gasteiger partial charge in [0.1, 0.15) is 0 Å². The number of carbonyl (C=O) groups is 2. The molecule has 170 valence electrons. The first-order valence-electron chi connectivity index (χ1n) is 9.66. The van der Waals surface area contributed by atoms with Crippen LogP contribution in [0.5, 0.6) is 5.75 Å². The number of hydrazone groups is 1. The number of anilines is 1. The zero-order valence-electron chi connectivity index (χ0n) is 17.6. The second kappa shape index (κ2) is 10.7. The number of hydrogen-bond acceptors (Lipinski definition) is 7. The molecule has 2 aromatic carbocycles. The Morgan fingerprint density at radius 3 is 2.61 bits per heavy atom. The van der Waals surface area contributed by atoms with Gasteiger partial charge in [-0.1, -0.05) is 35.9 Å². The molecule has 0 fully saturated rings. The first-order chi connectivity index (χ1) is 15.7. The third-order valence-electron chi connectivity index (χ3n) is 4.40. The molecule has 0 unspecified atom stereocenters. The van der Waals surface area contributed by atoms with Crippen molar-refractivity contribution in [1.29, 1.82) is 0 Å². The summed E-state index contributed by atoms with van der Waals surface area (Å²) in [5.74, 6) is -0.874. The molecule has 9 nitrogen and oxygen atoms in total. The molecule has 3 rings (SSSR count). The van der Waals surface area contributed by atoms with Gasteiger partial charge in [-0.15, -0.1) is 11.3 Å². The molecule has 0 aliphatic heterocycles. The average molecular weight is 487 g/mol. The number of halogens is 1. The van der Waals surface area contributed by atoms with Gasteiger partial charge in [-0.05, 0) is 49.7 Å². The van der Waals surface area contributed by atoms with E-state index in [-0.39, 0.29) is 17.3 Å². The second-order valence-corrected chi connectivity index (χ2v) is 8.51. The lowest BCUT2D eigenvalue weighted by molar-refractivity contribution is -0.386. The van der Waals surface area contributed by atoms with E-state index in [2.05, 4.69) is 15.8 Å². The maximum Gasteiger partial charge on any atom is 0.310 e. The number of nitro benzene ring substituents is 1. The van der Waals surface area contributed by atoms with E-state index < -0.39 is 16.9 Å². The van der Waals surface area contributed by atoms with E-state index in [4.69, 9.17) is 16.3 Å². The van der Waals surface area contributed by atoms with Crippen LogP contribution in [0.15, 0.2) is 65.8 Å². The highest BCUT2D eigenvalue weighted by molar-refractivity contribution is 7.18. The minimum absolute atomic E-state index is 0.0127. The van der Waals surface area contributed by atoms with Crippen LogP contribution in [0.4, 0.5) is 11.4 Å². The summed E-state index contributed by atoms with van der Waals surface area (Å²) in [6, 6.07) is 16.0. The van der Waals surface area contributed by atoms with Crippen molar-refractivity contribution in [2.45, 2.75) is 20.0 Å². The number of ether oxygens (including phenoxy) is 1. The van der Waals surface area contributed by atoms with Gasteiger partial charge in [0.25, 0.3) is 11.8 Å². The van der Waals surface area contributed by atoms with Crippen LogP contribution in [0.1, 0.15) is 29.1 Å². The van der Waals surface area contributed by atoms with Gasteiger partial charge in [-0.3, -0.25) is 19.7 Å². The lowest BCUT2D eigenvalue weighted by atomic mass is 10.1. The molecule has 1 heterocycles. The van der Waals surface area contributed by atoms with Crippen LogP contribution >= 0.6 is 22.9 Å². The van der Waals surface area contributed by atoms with E-state index >= 15 is 0 Å². The summed E-state index contributed by atoms with van der Waals surface area (Å²) in [7, 11) is 0. The van der Waals surface area contributed by atoms with E-state index in [0.717, 1.165) is 0 Å². The van der Waals surface area contributed by atoms with Crippen LogP contribution in [0.2, 0.25) is 4.34 Å². The molecular weight excluding hydrogens is 468 g/mol. The van der Waals surface area contributed by atoms with Crippen LogP contribution in [0.3, 0.4) is 0 Å². The van der Waals surface area contributed by atoms with Gasteiger partial charge in [0.05, 0.1) is 19.8 Å². The molecule has 2 amide bonds. The Kier molecular flexibility index (Phi) is 7.75. The summed E-state index contributed by atoms with van der Waals surface area (Å²) < 4.78 is 5.96. The summed E-state index contributed by atoms with van der Waals surface area (Å²) >= 11 is 7.05. The molecule has 0 bridgehead atoms. The monoisotopic (exact) mass is 486 g/mol. The topological polar surface area (TPSA) is 123 Å². The smallest absolute Gasteiger partial charge is 0.310 e. The quantitative estimate of drug-likeness (QED) is 0.267. The van der Waals surface area contributed by atoms with Crippen molar-refractivity contribution in [2.75, 3.05) is 5.32 Å². The van der Waals surface area contributed by atoms with Gasteiger partial charge < -0.3 is 10.1 Å². The fourth-order valence-corrected chi connectivity index (χ4v) is 3.64. The zero-order chi connectivity index (χ0) is 24.0. The Bertz CT molecular complexity index is 1230. The van der Waals surface area contributed by atoms with Crippen LogP contribution < -0.4 is 15.5 Å². The number of nitrogens with one attached hydrogen (secondary N) is 2. The van der Waals surface area contributed by atoms with Gasteiger partial charge in [-0.2, -0.15) is 5.10 Å². The third-order valence-corrected chi connectivity index (χ3v) is 5.63. The van der Waals surface area contributed by atoms with Crippen molar-refractivity contribution in [1.82, 2.24) is 5.43 Å². The molecule has 0 saturated heterocycles. The van der Waals surface area contributed by atoms with E-state index in [9.17, 15) is 19.7 Å². The molecule has 0 aliphatic carbocycles. The number of carbonyl (C=O) groups excluding carboxylic acids is 2. The predicted molar refractivity (Wildman–Crippen MR) is 127 cm³/mol. The van der Waals surface area contributed by atoms with Crippen molar-refractivity contribution >= 4 is 51.8 Å². The molecular formula is C22H19ClN4O5S. The summed E-state index contributed by atoms with van der Waals surface area (Å²) in [6.07, 6.45) is -1.02. The number of amides is 2. The molecule has 1 atom stereocenters. The molecule has 2 N–H and O–H groups in total. The van der Waals surface area contributed by atoms with Crippen molar-refractivity contribution < 1.29 is 19.2 Å². The zero-order valence-corrected chi connectivity index (χ0v) is 19.1. The Morgan fingerprint density at radius 1 is 1.15 bits per heavy atom. The lowest BCUT2D eigenvalue weighted by Gasteiger charge is -2.13. The Labute approximate surface area is 198 Å². The first-order valence-corrected chi connectivity index (χ1v) is 10.9. The highest BCUT2D eigenvalue weighted by Gasteiger charge is 2.20. The molecule has 0 spiro atoms. The van der Waals surface area contributed by atoms with Crippen molar-refractivity contribution in [3.63, 3.8) is 0 Å². The van der Waals surface area contributed by atoms with Crippen molar-refractivity contribution in [2.24, 2.45) is 5.10 Å². The fourth-order valence-electron chi connectivity index (χ4n) is 2.70. The summed E-state index contributed by atoms with van der Waals surface area (Å²) in [6.45, 7) is 3.15. The summed E-state index contributed by atoms with van der Waals surface area (Å²) in [5.41, 5.74) is 3.86. The molecule has 11 heteroatoms. The average Bonchev–Trinajstić information content (AvgIpc) is 3.24. The third kappa shape index (κ3) is 6.37. The number of rotatable bonds is 8. The molecule has 3 aromatic rings. The van der Waals surface area contributed by atoms with Gasteiger partial charge in [0.2, 0.25) is 0 Å². The number of thiophene rings is 1. The minimum atomic E-state index is -1.02. The van der Waals surface area contributed by atoms with Crippen molar-refractivity contribution in [3.05, 3.63) is 85.6 Å². The van der Waals surface area contributed by atoms with Crippen LogP contribution in [0, 0.1) is 10.1 Å². The molecule has 0 saturated carbocycles. The number of para-hydroxylation sites is 2. The van der Waals surface area contributed by atoms with E-state index in [1.807, 2.05) is 0 Å². The molecule has 33 heavy (non-hydrogen) atoms. The number of nitro groups is 1. The van der Waals surface area contributed by atoms with Crippen LogP contribution in [-0.2, 0) is 4.79 Å². The maximum atomic E-state index is 12.4. The predicted octanol–water partition coefficient (Wildman–Crippen LogP) is 4.87. The lowest BCUT2D eigenvalue weighted by Crippen LogP contribution is -2.34. The Balaban J connectivity index is 1.63. The highest BCUT2D eigenvalue weighted by Crippen LogP contribution is 2.27. The van der Waals surface area contributed by atoms with Gasteiger partial charge in [0.15, 0.2) is 11.9 Å². The molecule has 0 aliphatic rings. The van der Waals surface area contributed by atoms with Gasteiger partial charge >= 0.3 is 5.69 Å². The Hall–Kier alpha value is -3.76. The maximum absolute atomic E-state index is 12.4. The second-order valence-electron chi connectivity index (χ2n) is 6.80. The van der Waals surface area contributed by atoms with E-state index in [1.54, 1.807) is 49.4 Å². The van der Waals surface area contributed by atoms with Crippen molar-refractivity contribution in [3.8, 4) is 5.75 Å². The fraction of sp³-hybridized carbons (Fsp3) is 0.136. The summed E-state index contributed by atoms with van der Waals surface area (Å²) in [5, 5.41) is 18.0.